The smallest absolute Gasteiger partial charge is 0.775 e. The maximum absolute atomic E-state index is 11.6. The van der Waals surface area contributed by atoms with Gasteiger partial charge in [-0.25, -0.2) is 0 Å². The third-order valence-corrected chi connectivity index (χ3v) is 10.6. The van der Waals surface area contributed by atoms with Crippen molar-refractivity contribution < 1.29 is 82.8 Å². The monoisotopic (exact) mass is 823 g/mol. The molecule has 0 N–H and O–H groups in total. The number of benzene rings is 3. The molecule has 0 aliphatic rings. The van der Waals surface area contributed by atoms with Crippen molar-refractivity contribution in [3.8, 4) is 0 Å². The van der Waals surface area contributed by atoms with Gasteiger partial charge in [0, 0.05) is 15.9 Å². The first-order valence-corrected chi connectivity index (χ1v) is 20.2. The standard InChI is InChI=1S/3C11H17O3P.Nd/c3*1-2-3-7-10-14-15(12,13)11-8-5-4-6-9-11;/h3*4-6,8-9H,2-3,7,10H2,1H3,(H,12,13);/q;;;+3/p-3. The molecule has 0 aliphatic carbocycles. The second-order valence-electron chi connectivity index (χ2n) is 10.1. The fraction of sp³-hybridized carbons (Fsp3) is 0.455. The molecule has 0 fully saturated rings. The van der Waals surface area contributed by atoms with Gasteiger partial charge in [0.05, 0.1) is 19.8 Å². The Morgan fingerprint density at radius 2 is 0.652 bits per heavy atom. The van der Waals surface area contributed by atoms with Crippen LogP contribution in [0.4, 0.5) is 0 Å². The molecule has 0 aliphatic heterocycles. The molecule has 1 radical (unpaired) electrons. The molecule has 9 nitrogen and oxygen atoms in total. The third kappa shape index (κ3) is 20.1. The maximum Gasteiger partial charge on any atom is 3.00 e. The zero-order valence-corrected chi connectivity index (χ0v) is 33.1. The van der Waals surface area contributed by atoms with Crippen molar-refractivity contribution in [1.29, 1.82) is 0 Å². The van der Waals surface area contributed by atoms with Crippen LogP contribution in [0.2, 0.25) is 0 Å². The van der Waals surface area contributed by atoms with Gasteiger partial charge >= 0.3 is 40.8 Å². The van der Waals surface area contributed by atoms with Gasteiger partial charge in [-0.1, -0.05) is 150 Å². The van der Waals surface area contributed by atoms with Crippen molar-refractivity contribution in [3.05, 3.63) is 91.0 Å². The quantitative estimate of drug-likeness (QED) is 0.108. The summed E-state index contributed by atoms with van der Waals surface area (Å²) in [6.07, 6.45) is 8.51. The topological polar surface area (TPSA) is 148 Å². The Morgan fingerprint density at radius 3 is 0.848 bits per heavy atom. The molecular weight excluding hydrogens is 778 g/mol. The Bertz CT molecular complexity index is 1140. The number of hydrogen-bond acceptors (Lipinski definition) is 9. The normalized spacial score (nSPS) is 14.5. The van der Waals surface area contributed by atoms with Crippen LogP contribution in [0.3, 0.4) is 0 Å². The van der Waals surface area contributed by atoms with Gasteiger partial charge in [-0.2, -0.15) is 0 Å². The second-order valence-corrected chi connectivity index (χ2v) is 15.4. The first-order valence-electron chi connectivity index (χ1n) is 15.5. The van der Waals surface area contributed by atoms with Crippen LogP contribution >= 0.6 is 22.8 Å². The largest absolute Gasteiger partial charge is 3.00 e. The van der Waals surface area contributed by atoms with Crippen LogP contribution < -0.4 is 30.6 Å². The van der Waals surface area contributed by atoms with Crippen LogP contribution in [0.15, 0.2) is 91.0 Å². The van der Waals surface area contributed by atoms with Crippen LogP contribution in [0, 0.1) is 40.8 Å². The molecule has 0 aromatic heterocycles. The van der Waals surface area contributed by atoms with Crippen molar-refractivity contribution in [2.45, 2.75) is 78.6 Å². The molecule has 253 valence electrons. The molecule has 0 heterocycles. The van der Waals surface area contributed by atoms with Crippen LogP contribution in [-0.2, 0) is 27.3 Å². The van der Waals surface area contributed by atoms with Gasteiger partial charge in [0.2, 0.25) is 0 Å². The molecule has 0 bridgehead atoms. The van der Waals surface area contributed by atoms with Crippen molar-refractivity contribution in [2.24, 2.45) is 0 Å². The van der Waals surface area contributed by atoms with E-state index in [1.54, 1.807) is 91.0 Å². The minimum atomic E-state index is -3.84. The fourth-order valence-corrected chi connectivity index (χ4v) is 6.83. The average Bonchev–Trinajstić information content (AvgIpc) is 3.05. The minimum absolute atomic E-state index is 0. The molecule has 3 unspecified atom stereocenters. The predicted octanol–water partition coefficient (Wildman–Crippen LogP) is 6.22. The molecule has 0 saturated heterocycles. The summed E-state index contributed by atoms with van der Waals surface area (Å²) in [4.78, 5) is 34.8. The zero-order chi connectivity index (χ0) is 33.4. The van der Waals surface area contributed by atoms with Crippen LogP contribution in [0.5, 0.6) is 0 Å². The number of unbranched alkanes of at least 4 members (excludes halogenated alkanes) is 6. The summed E-state index contributed by atoms with van der Waals surface area (Å²) >= 11 is 0. The molecule has 0 saturated carbocycles. The maximum atomic E-state index is 11.6. The van der Waals surface area contributed by atoms with E-state index in [-0.39, 0.29) is 76.6 Å². The first-order chi connectivity index (χ1) is 21.5. The molecular formula is C33H48NdO9P3. The van der Waals surface area contributed by atoms with Gasteiger partial charge in [0.15, 0.2) is 22.8 Å². The van der Waals surface area contributed by atoms with E-state index >= 15 is 0 Å². The average molecular weight is 826 g/mol. The molecule has 3 atom stereocenters. The Morgan fingerprint density at radius 1 is 0.435 bits per heavy atom. The molecule has 0 amide bonds. The van der Waals surface area contributed by atoms with Gasteiger partial charge in [0.1, 0.15) is 0 Å². The Balaban J connectivity index is 0.000000653. The number of hydrogen-bond donors (Lipinski definition) is 0. The number of rotatable bonds is 18. The van der Waals surface area contributed by atoms with Crippen molar-refractivity contribution in [2.75, 3.05) is 19.8 Å². The van der Waals surface area contributed by atoms with Gasteiger partial charge in [0.25, 0.3) is 0 Å². The SMILES string of the molecule is CCCCCOP(=O)([O-])c1ccccc1.CCCCCOP(=O)([O-])c1ccccc1.CCCCCOP(=O)([O-])c1ccccc1.[Nd+3]. The van der Waals surface area contributed by atoms with Gasteiger partial charge < -0.3 is 41.9 Å². The van der Waals surface area contributed by atoms with Gasteiger partial charge in [-0.3, -0.25) is 0 Å². The molecule has 0 spiro atoms. The molecule has 46 heavy (non-hydrogen) atoms. The Labute approximate surface area is 308 Å². The van der Waals surface area contributed by atoms with Crippen molar-refractivity contribution in [3.63, 3.8) is 0 Å². The van der Waals surface area contributed by atoms with Crippen molar-refractivity contribution >= 4 is 38.7 Å². The molecule has 3 rings (SSSR count). The molecule has 13 heteroatoms. The van der Waals surface area contributed by atoms with E-state index in [1.807, 2.05) is 0 Å². The van der Waals surface area contributed by atoms with E-state index in [0.717, 1.165) is 57.8 Å². The molecule has 3 aromatic carbocycles. The second kappa shape index (κ2) is 26.3. The minimum Gasteiger partial charge on any atom is -0.775 e. The van der Waals surface area contributed by atoms with E-state index in [9.17, 15) is 28.4 Å². The fourth-order valence-electron chi connectivity index (χ4n) is 3.67. The summed E-state index contributed by atoms with van der Waals surface area (Å²) in [7, 11) is -11.5. The summed E-state index contributed by atoms with van der Waals surface area (Å²) in [5, 5.41) is 0.754. The summed E-state index contributed by atoms with van der Waals surface area (Å²) < 4.78 is 49.6. The Hall–Kier alpha value is -0.539. The van der Waals surface area contributed by atoms with Crippen LogP contribution in [0.1, 0.15) is 78.6 Å². The summed E-state index contributed by atoms with van der Waals surface area (Å²) in [5.74, 6) is 0. The van der Waals surface area contributed by atoms with Gasteiger partial charge in [-0.05, 0) is 19.3 Å². The molecule has 3 aromatic rings. The van der Waals surface area contributed by atoms with E-state index in [4.69, 9.17) is 13.6 Å². The first kappa shape index (κ1) is 45.5. The van der Waals surface area contributed by atoms with Gasteiger partial charge in [-0.15, -0.1) is 0 Å². The van der Waals surface area contributed by atoms with E-state index in [2.05, 4.69) is 20.8 Å². The van der Waals surface area contributed by atoms with E-state index in [0.29, 0.717) is 0 Å². The van der Waals surface area contributed by atoms with Crippen LogP contribution in [0.25, 0.3) is 0 Å². The van der Waals surface area contributed by atoms with Crippen LogP contribution in [-0.4, -0.2) is 19.8 Å². The van der Waals surface area contributed by atoms with E-state index in [1.165, 1.54) is 0 Å². The third-order valence-electron chi connectivity index (χ3n) is 6.24. The Kier molecular flexibility index (Phi) is 26.0. The summed E-state index contributed by atoms with van der Waals surface area (Å²) in [6, 6.07) is 24.8. The zero-order valence-electron chi connectivity index (χ0n) is 27.2. The van der Waals surface area contributed by atoms with E-state index < -0.39 is 22.8 Å². The predicted molar refractivity (Wildman–Crippen MR) is 177 cm³/mol. The summed E-state index contributed by atoms with van der Waals surface area (Å²) in [5.41, 5.74) is 0. The van der Waals surface area contributed by atoms with Crippen molar-refractivity contribution in [1.82, 2.24) is 0 Å². The summed E-state index contributed by atoms with van der Waals surface area (Å²) in [6.45, 7) is 7.03.